The molecule has 0 radical (unpaired) electrons. The predicted octanol–water partition coefficient (Wildman–Crippen LogP) is 10.7. The molecule has 212 valence electrons. The van der Waals surface area contributed by atoms with E-state index < -0.39 is 0 Å². The Bertz CT molecular complexity index is 1480. The summed E-state index contributed by atoms with van der Waals surface area (Å²) in [5.41, 5.74) is 7.81. The largest absolute Gasteiger partial charge is 0.344 e. The summed E-state index contributed by atoms with van der Waals surface area (Å²) in [6, 6.07) is 15.3. The molecule has 2 aliphatic rings. The molecule has 1 heterocycles. The van der Waals surface area contributed by atoms with Crippen LogP contribution >= 0.6 is 0 Å². The molecule has 0 saturated heterocycles. The lowest BCUT2D eigenvalue weighted by molar-refractivity contribution is 0.585. The van der Waals surface area contributed by atoms with Crippen molar-refractivity contribution < 1.29 is 0 Å². The zero-order chi connectivity index (χ0) is 29.2. The van der Waals surface area contributed by atoms with Crippen LogP contribution in [-0.2, 0) is 0 Å². The van der Waals surface area contributed by atoms with Crippen molar-refractivity contribution in [2.24, 2.45) is 16.8 Å². The number of hydrogen-bond acceptors (Lipinski definition) is 2. The zero-order valence-corrected chi connectivity index (χ0v) is 25.5. The van der Waals surface area contributed by atoms with Crippen LogP contribution in [0.1, 0.15) is 71.9 Å². The van der Waals surface area contributed by atoms with Gasteiger partial charge in [0.1, 0.15) is 5.84 Å². The molecular formula is C39H46N2. The molecule has 1 aliphatic heterocycles. The third kappa shape index (κ3) is 7.64. The van der Waals surface area contributed by atoms with Gasteiger partial charge in [0.15, 0.2) is 0 Å². The number of allylic oxidation sites excluding steroid dienone is 12. The topological polar surface area (TPSA) is 24.4 Å². The van der Waals surface area contributed by atoms with Gasteiger partial charge in [-0.1, -0.05) is 112 Å². The van der Waals surface area contributed by atoms with Crippen LogP contribution < -0.4 is 5.32 Å². The average molecular weight is 543 g/mol. The van der Waals surface area contributed by atoms with Crippen LogP contribution in [0.2, 0.25) is 0 Å². The van der Waals surface area contributed by atoms with Crippen LogP contribution in [0, 0.1) is 11.8 Å². The number of benzene rings is 2. The molecule has 2 nitrogen and oxygen atoms in total. The molecule has 0 amide bonds. The lowest BCUT2D eigenvalue weighted by Gasteiger charge is -2.27. The van der Waals surface area contributed by atoms with Gasteiger partial charge in [0.05, 0.1) is 6.04 Å². The lowest BCUT2D eigenvalue weighted by atomic mass is 9.84. The van der Waals surface area contributed by atoms with Gasteiger partial charge in [0.2, 0.25) is 0 Å². The predicted molar refractivity (Wildman–Crippen MR) is 180 cm³/mol. The normalized spacial score (nSPS) is 19.9. The molecule has 1 N–H and O–H groups in total. The van der Waals surface area contributed by atoms with Crippen LogP contribution in [0.15, 0.2) is 143 Å². The maximum atomic E-state index is 5.26. The molecule has 2 aromatic carbocycles. The van der Waals surface area contributed by atoms with Crippen LogP contribution in [0.3, 0.4) is 0 Å². The Labute approximate surface area is 248 Å². The van der Waals surface area contributed by atoms with Gasteiger partial charge < -0.3 is 5.32 Å². The van der Waals surface area contributed by atoms with Crippen molar-refractivity contribution >= 4 is 16.6 Å². The minimum absolute atomic E-state index is 0.0266. The van der Waals surface area contributed by atoms with Crippen LogP contribution in [0.4, 0.5) is 0 Å². The van der Waals surface area contributed by atoms with Crippen molar-refractivity contribution in [3.63, 3.8) is 0 Å². The second-order valence-electron chi connectivity index (χ2n) is 11.2. The number of hydrogen-bond donors (Lipinski definition) is 1. The Morgan fingerprint density at radius 2 is 1.93 bits per heavy atom. The molecule has 1 aliphatic carbocycles. The van der Waals surface area contributed by atoms with Gasteiger partial charge in [0.25, 0.3) is 0 Å². The van der Waals surface area contributed by atoms with E-state index in [1.807, 2.05) is 12.2 Å². The molecule has 3 atom stereocenters. The molecule has 0 bridgehead atoms. The number of aliphatic imine (C=N–C) groups is 1. The van der Waals surface area contributed by atoms with E-state index in [0.717, 1.165) is 37.1 Å². The smallest absolute Gasteiger partial charge is 0.133 e. The van der Waals surface area contributed by atoms with E-state index in [1.165, 1.54) is 38.8 Å². The molecule has 0 saturated carbocycles. The molecule has 2 aromatic rings. The Kier molecular flexibility index (Phi) is 10.7. The first-order valence-corrected chi connectivity index (χ1v) is 15.2. The first kappa shape index (κ1) is 30.1. The average Bonchev–Trinajstić information content (AvgIpc) is 3.00. The van der Waals surface area contributed by atoms with E-state index in [1.54, 1.807) is 0 Å². The van der Waals surface area contributed by atoms with Gasteiger partial charge in [-0.25, -0.2) is 0 Å². The van der Waals surface area contributed by atoms with E-state index in [2.05, 4.69) is 138 Å². The van der Waals surface area contributed by atoms with Gasteiger partial charge in [-0.2, -0.15) is 0 Å². The van der Waals surface area contributed by atoms with Crippen molar-refractivity contribution in [3.8, 4) is 0 Å². The first-order chi connectivity index (χ1) is 19.9. The van der Waals surface area contributed by atoms with Crippen LogP contribution in [-0.4, -0.2) is 5.84 Å². The summed E-state index contributed by atoms with van der Waals surface area (Å²) < 4.78 is 0. The van der Waals surface area contributed by atoms with E-state index in [4.69, 9.17) is 4.99 Å². The second-order valence-corrected chi connectivity index (χ2v) is 11.2. The quantitative estimate of drug-likeness (QED) is 0.222. The van der Waals surface area contributed by atoms with Gasteiger partial charge >= 0.3 is 0 Å². The summed E-state index contributed by atoms with van der Waals surface area (Å²) in [6.45, 7) is 14.9. The molecule has 2 heteroatoms. The van der Waals surface area contributed by atoms with Crippen molar-refractivity contribution in [1.29, 1.82) is 0 Å². The Hall–Kier alpha value is -3.91. The molecule has 4 rings (SSSR count). The molecule has 0 aromatic heterocycles. The van der Waals surface area contributed by atoms with Gasteiger partial charge in [-0.15, -0.1) is 0 Å². The maximum Gasteiger partial charge on any atom is 0.133 e. The van der Waals surface area contributed by atoms with Crippen molar-refractivity contribution in [2.75, 3.05) is 0 Å². The van der Waals surface area contributed by atoms with Crippen molar-refractivity contribution in [3.05, 3.63) is 143 Å². The SMILES string of the molecule is C=CC=CC1=C(C)C(C(C)/C=C\C(=C/C)C2=NC(c3ccc4ccccc4c3)C=C(C(C)CCC=CC)N2)=CCC1. The Morgan fingerprint density at radius 3 is 2.68 bits per heavy atom. The highest BCUT2D eigenvalue weighted by Gasteiger charge is 2.22. The zero-order valence-electron chi connectivity index (χ0n) is 25.5. The maximum absolute atomic E-state index is 5.26. The molecule has 0 spiro atoms. The minimum Gasteiger partial charge on any atom is -0.344 e. The van der Waals surface area contributed by atoms with Crippen LogP contribution in [0.25, 0.3) is 10.8 Å². The summed E-state index contributed by atoms with van der Waals surface area (Å²) in [4.78, 5) is 5.26. The molecule has 3 unspecified atom stereocenters. The monoisotopic (exact) mass is 542 g/mol. The number of rotatable bonds is 11. The summed E-state index contributed by atoms with van der Waals surface area (Å²) in [5, 5.41) is 6.25. The Morgan fingerprint density at radius 1 is 1.12 bits per heavy atom. The molecular weight excluding hydrogens is 496 g/mol. The fourth-order valence-electron chi connectivity index (χ4n) is 5.71. The minimum atomic E-state index is -0.0266. The van der Waals surface area contributed by atoms with E-state index in [9.17, 15) is 0 Å². The van der Waals surface area contributed by atoms with Gasteiger partial charge in [0, 0.05) is 11.3 Å². The Balaban J connectivity index is 1.63. The van der Waals surface area contributed by atoms with Crippen molar-refractivity contribution in [2.45, 2.75) is 66.3 Å². The highest BCUT2D eigenvalue weighted by atomic mass is 15.0. The third-order valence-electron chi connectivity index (χ3n) is 8.28. The van der Waals surface area contributed by atoms with Crippen molar-refractivity contribution in [1.82, 2.24) is 5.32 Å². The highest BCUT2D eigenvalue weighted by molar-refractivity contribution is 6.02. The highest BCUT2D eigenvalue weighted by Crippen LogP contribution is 2.33. The third-order valence-corrected chi connectivity index (χ3v) is 8.28. The molecule has 0 fully saturated rings. The summed E-state index contributed by atoms with van der Waals surface area (Å²) >= 11 is 0. The summed E-state index contributed by atoms with van der Waals surface area (Å²) in [7, 11) is 0. The second kappa shape index (κ2) is 14.6. The van der Waals surface area contributed by atoms with E-state index in [-0.39, 0.29) is 6.04 Å². The summed E-state index contributed by atoms with van der Waals surface area (Å²) in [6.07, 6.45) is 26.3. The van der Waals surface area contributed by atoms with E-state index >= 15 is 0 Å². The summed E-state index contributed by atoms with van der Waals surface area (Å²) in [5.74, 6) is 1.67. The number of amidine groups is 1. The fraction of sp³-hybridized carbons (Fsp3) is 0.308. The lowest BCUT2D eigenvalue weighted by Crippen LogP contribution is -2.31. The number of nitrogens with one attached hydrogen (secondary N) is 1. The molecule has 41 heavy (non-hydrogen) atoms. The number of nitrogens with zero attached hydrogens (tertiary/aromatic N) is 1. The van der Waals surface area contributed by atoms with Gasteiger partial charge in [-0.3, -0.25) is 4.99 Å². The standard InChI is InChI=1S/C39H46N2/c1-7-10-12-16-29(5)37-27-38(35-25-24-33-18-13-14-19-34(33)26-35)41-39(40-37)31(9-3)23-22-28(4)36-21-15-20-32(30(36)6)17-11-8-2/h7-11,13-14,17-19,21-29,38H,2,12,15-16,20H2,1,3-6H3,(H,40,41)/b10-7?,17-11?,23-22-,31-9+. The number of fused-ring (bicyclic) bond motifs is 1. The first-order valence-electron chi connectivity index (χ1n) is 15.2. The van der Waals surface area contributed by atoms with E-state index in [0.29, 0.717) is 11.8 Å². The van der Waals surface area contributed by atoms with Gasteiger partial charge in [-0.05, 0) is 103 Å². The van der Waals surface area contributed by atoms with Crippen LogP contribution in [0.5, 0.6) is 0 Å². The fourth-order valence-corrected chi connectivity index (χ4v) is 5.71.